The van der Waals surface area contributed by atoms with Crippen LogP contribution in [0.15, 0.2) is 28.8 Å². The van der Waals surface area contributed by atoms with E-state index in [-0.39, 0.29) is 17.4 Å². The average molecular weight is 298 g/mol. The van der Waals surface area contributed by atoms with Gasteiger partial charge in [-0.2, -0.15) is 0 Å². The third kappa shape index (κ3) is 2.23. The van der Waals surface area contributed by atoms with Gasteiger partial charge in [0.05, 0.1) is 0 Å². The summed E-state index contributed by atoms with van der Waals surface area (Å²) in [7, 11) is 0. The van der Waals surface area contributed by atoms with Crippen LogP contribution < -0.4 is 4.90 Å². The summed E-state index contributed by atoms with van der Waals surface area (Å²) in [6.07, 6.45) is 0.886. The monoisotopic (exact) mass is 298 g/mol. The van der Waals surface area contributed by atoms with Gasteiger partial charge in [-0.15, -0.1) is 0 Å². The Kier molecular flexibility index (Phi) is 3.35. The lowest BCUT2D eigenvalue weighted by molar-refractivity contribution is 0.0978. The quantitative estimate of drug-likeness (QED) is 0.803. The molecular formula is C18H22N2O2. The minimum atomic E-state index is -0.231. The second-order valence-electron chi connectivity index (χ2n) is 7.07. The van der Waals surface area contributed by atoms with Crippen molar-refractivity contribution in [1.82, 2.24) is 5.16 Å². The number of para-hydroxylation sites is 1. The number of hydrogen-bond acceptors (Lipinski definition) is 3. The van der Waals surface area contributed by atoms with E-state index >= 15 is 0 Å². The van der Waals surface area contributed by atoms with Crippen LogP contribution in [0.2, 0.25) is 0 Å². The van der Waals surface area contributed by atoms with Crippen molar-refractivity contribution in [3.63, 3.8) is 0 Å². The highest BCUT2D eigenvalue weighted by molar-refractivity contribution is 6.09. The van der Waals surface area contributed by atoms with Crippen molar-refractivity contribution in [3.8, 4) is 0 Å². The molecule has 2 aromatic rings. The number of carbonyl (C=O) groups excluding carboxylic acids is 1. The fraction of sp³-hybridized carbons (Fsp3) is 0.444. The molecule has 1 aliphatic rings. The fourth-order valence-electron chi connectivity index (χ4n) is 3.13. The highest BCUT2D eigenvalue weighted by atomic mass is 16.5. The van der Waals surface area contributed by atoms with Crippen LogP contribution in [0.3, 0.4) is 0 Å². The first-order chi connectivity index (χ1) is 10.3. The number of nitrogens with zero attached hydrogens (tertiary/aromatic N) is 2. The smallest absolute Gasteiger partial charge is 0.264 e. The number of carbonyl (C=O) groups is 1. The normalized spacial score (nSPS) is 17.7. The Morgan fingerprint density at radius 2 is 2.00 bits per heavy atom. The van der Waals surface area contributed by atoms with Gasteiger partial charge in [-0.05, 0) is 31.9 Å². The molecule has 1 unspecified atom stereocenters. The number of hydrogen-bond donors (Lipinski definition) is 0. The Hall–Kier alpha value is -2.10. The van der Waals surface area contributed by atoms with Crippen LogP contribution in [0.5, 0.6) is 0 Å². The number of amides is 1. The molecule has 1 aromatic carbocycles. The molecule has 0 aliphatic carbocycles. The zero-order chi connectivity index (χ0) is 16.1. The predicted molar refractivity (Wildman–Crippen MR) is 86.4 cm³/mol. The lowest BCUT2D eigenvalue weighted by atomic mass is 9.88. The van der Waals surface area contributed by atoms with E-state index in [4.69, 9.17) is 4.52 Å². The van der Waals surface area contributed by atoms with Gasteiger partial charge < -0.3 is 9.42 Å². The largest absolute Gasteiger partial charge is 0.361 e. The molecule has 0 bridgehead atoms. The molecular weight excluding hydrogens is 276 g/mol. The van der Waals surface area contributed by atoms with Gasteiger partial charge in [-0.1, -0.05) is 44.1 Å². The molecule has 1 amide bonds. The molecule has 1 atom stereocenters. The van der Waals surface area contributed by atoms with Gasteiger partial charge in [0.1, 0.15) is 17.0 Å². The van der Waals surface area contributed by atoms with Crippen molar-refractivity contribution >= 4 is 11.6 Å². The van der Waals surface area contributed by atoms with Crippen LogP contribution in [0.4, 0.5) is 5.69 Å². The van der Waals surface area contributed by atoms with Gasteiger partial charge in [-0.3, -0.25) is 4.79 Å². The molecule has 1 aromatic heterocycles. The van der Waals surface area contributed by atoms with Crippen molar-refractivity contribution in [1.29, 1.82) is 0 Å². The highest BCUT2D eigenvalue weighted by Crippen LogP contribution is 2.35. The van der Waals surface area contributed by atoms with Gasteiger partial charge in [-0.25, -0.2) is 0 Å². The number of aromatic nitrogens is 1. The maximum absolute atomic E-state index is 13.2. The number of anilines is 1. The lowest BCUT2D eigenvalue weighted by Crippen LogP contribution is -2.37. The van der Waals surface area contributed by atoms with Gasteiger partial charge in [0.2, 0.25) is 0 Å². The Bertz CT molecular complexity index is 725. The van der Waals surface area contributed by atoms with Crippen LogP contribution in [0.1, 0.15) is 55.1 Å². The Labute approximate surface area is 131 Å². The third-order valence-electron chi connectivity index (χ3n) is 4.21. The van der Waals surface area contributed by atoms with Crippen LogP contribution in [0.25, 0.3) is 0 Å². The first-order valence-electron chi connectivity index (χ1n) is 7.69. The molecule has 2 heterocycles. The summed E-state index contributed by atoms with van der Waals surface area (Å²) in [5.74, 6) is 0.577. The fourth-order valence-corrected chi connectivity index (χ4v) is 3.13. The summed E-state index contributed by atoms with van der Waals surface area (Å²) in [5, 5.41) is 4.14. The minimum absolute atomic E-state index is 0.0128. The SMILES string of the molecule is Cc1onc(C(C)(C)C)c1C(=O)N1c2ccccc2CC1C. The number of aryl methyl sites for hydroxylation is 1. The molecule has 0 spiro atoms. The zero-order valence-electron chi connectivity index (χ0n) is 13.8. The Morgan fingerprint density at radius 1 is 1.32 bits per heavy atom. The van der Waals surface area contributed by atoms with E-state index in [1.165, 1.54) is 5.56 Å². The second kappa shape index (κ2) is 4.97. The van der Waals surface area contributed by atoms with E-state index in [0.29, 0.717) is 11.3 Å². The first-order valence-corrected chi connectivity index (χ1v) is 7.69. The van der Waals surface area contributed by atoms with Crippen LogP contribution in [0, 0.1) is 6.92 Å². The number of rotatable bonds is 1. The third-order valence-corrected chi connectivity index (χ3v) is 4.21. The zero-order valence-corrected chi connectivity index (χ0v) is 13.8. The van der Waals surface area contributed by atoms with E-state index < -0.39 is 0 Å². The van der Waals surface area contributed by atoms with Crippen molar-refractivity contribution in [3.05, 3.63) is 46.8 Å². The van der Waals surface area contributed by atoms with E-state index in [2.05, 4.69) is 18.1 Å². The molecule has 1 aliphatic heterocycles. The van der Waals surface area contributed by atoms with E-state index in [0.717, 1.165) is 17.8 Å². The summed E-state index contributed by atoms with van der Waals surface area (Å²) in [5.41, 5.74) is 3.32. The average Bonchev–Trinajstić information content (AvgIpc) is 2.97. The predicted octanol–water partition coefficient (Wildman–Crippen LogP) is 3.87. The molecule has 0 radical (unpaired) electrons. The molecule has 0 saturated heterocycles. The summed E-state index contributed by atoms with van der Waals surface area (Å²) in [6.45, 7) is 10.0. The van der Waals surface area contributed by atoms with Crippen molar-refractivity contribution < 1.29 is 9.32 Å². The van der Waals surface area contributed by atoms with Gasteiger partial charge >= 0.3 is 0 Å². The maximum atomic E-state index is 13.2. The van der Waals surface area contributed by atoms with Crippen LogP contribution in [-0.4, -0.2) is 17.1 Å². The van der Waals surface area contributed by atoms with Crippen molar-refractivity contribution in [2.45, 2.75) is 52.5 Å². The van der Waals surface area contributed by atoms with E-state index in [9.17, 15) is 4.79 Å². The number of benzene rings is 1. The molecule has 3 rings (SSSR count). The van der Waals surface area contributed by atoms with Crippen LogP contribution in [-0.2, 0) is 11.8 Å². The van der Waals surface area contributed by atoms with Gasteiger partial charge in [0, 0.05) is 17.1 Å². The number of fused-ring (bicyclic) bond motifs is 1. The first kappa shape index (κ1) is 14.8. The molecule has 0 saturated carbocycles. The lowest BCUT2D eigenvalue weighted by Gasteiger charge is -2.24. The summed E-state index contributed by atoms with van der Waals surface area (Å²) < 4.78 is 5.33. The van der Waals surface area contributed by atoms with Gasteiger partial charge in [0.25, 0.3) is 5.91 Å². The second-order valence-corrected chi connectivity index (χ2v) is 7.07. The van der Waals surface area contributed by atoms with Gasteiger partial charge in [0.15, 0.2) is 0 Å². The molecule has 4 heteroatoms. The standard InChI is InChI=1S/C18H22N2O2/c1-11-10-13-8-6-7-9-14(13)20(11)17(21)15-12(2)22-19-16(15)18(3,4)5/h6-9,11H,10H2,1-5H3. The molecule has 22 heavy (non-hydrogen) atoms. The van der Waals surface area contributed by atoms with E-state index in [1.807, 2.05) is 50.8 Å². The Balaban J connectivity index is 2.08. The summed E-state index contributed by atoms with van der Waals surface area (Å²) in [6, 6.07) is 8.24. The van der Waals surface area contributed by atoms with Crippen molar-refractivity contribution in [2.75, 3.05) is 4.90 Å². The Morgan fingerprint density at radius 3 is 2.68 bits per heavy atom. The minimum Gasteiger partial charge on any atom is -0.361 e. The summed E-state index contributed by atoms with van der Waals surface area (Å²) >= 11 is 0. The topological polar surface area (TPSA) is 46.3 Å². The summed E-state index contributed by atoms with van der Waals surface area (Å²) in [4.78, 5) is 15.1. The highest BCUT2D eigenvalue weighted by Gasteiger charge is 2.36. The molecule has 4 nitrogen and oxygen atoms in total. The molecule has 0 fully saturated rings. The maximum Gasteiger partial charge on any atom is 0.264 e. The molecule has 116 valence electrons. The van der Waals surface area contributed by atoms with Crippen LogP contribution >= 0.6 is 0 Å². The molecule has 0 N–H and O–H groups in total. The van der Waals surface area contributed by atoms with Crippen molar-refractivity contribution in [2.24, 2.45) is 0 Å². The van der Waals surface area contributed by atoms with E-state index in [1.54, 1.807) is 0 Å².